The molecule has 29 heavy (non-hydrogen) atoms. The molecule has 0 bridgehead atoms. The second-order valence-corrected chi connectivity index (χ2v) is 8.47. The fraction of sp³-hybridized carbons (Fsp3) is 0.435. The summed E-state index contributed by atoms with van der Waals surface area (Å²) in [4.78, 5) is 17.2. The van der Waals surface area contributed by atoms with Crippen LogP contribution >= 0.6 is 11.6 Å². The van der Waals surface area contributed by atoms with Gasteiger partial charge in [0.2, 0.25) is 12.7 Å². The molecule has 0 aromatic heterocycles. The van der Waals surface area contributed by atoms with Crippen molar-refractivity contribution in [2.45, 2.75) is 38.3 Å². The second kappa shape index (κ2) is 7.88. The smallest absolute Gasteiger partial charge is 0.231 e. The molecule has 152 valence electrons. The number of carbonyl (C=O) groups is 1. The van der Waals surface area contributed by atoms with E-state index in [0.717, 1.165) is 38.0 Å². The van der Waals surface area contributed by atoms with Crippen LogP contribution in [0.1, 0.15) is 29.5 Å². The third-order valence-electron chi connectivity index (χ3n) is 6.36. The van der Waals surface area contributed by atoms with Gasteiger partial charge in [-0.05, 0) is 42.0 Å². The Labute approximate surface area is 176 Å². The van der Waals surface area contributed by atoms with Gasteiger partial charge in [0, 0.05) is 49.7 Å². The standard InChI is InChI=1S/C23H25ClN2O3/c24-20-13-22-21(28-15-29-22)12-18(20)14-26-10-9-25(8-7-23(26)27)19-6-5-16-3-1-2-4-17(16)11-19/h1-4,12-13,19H,5-11,14-15H2/t19-/m0/s1. The Balaban J connectivity index is 1.26. The molecule has 5 rings (SSSR count). The zero-order chi connectivity index (χ0) is 19.8. The van der Waals surface area contributed by atoms with Crippen molar-refractivity contribution < 1.29 is 14.3 Å². The number of nitrogens with zero attached hydrogens (tertiary/aromatic N) is 2. The molecule has 5 nitrogen and oxygen atoms in total. The molecule has 2 aliphatic heterocycles. The number of benzene rings is 2. The van der Waals surface area contributed by atoms with Crippen molar-refractivity contribution in [1.82, 2.24) is 9.80 Å². The molecule has 0 N–H and O–H groups in total. The topological polar surface area (TPSA) is 42.0 Å². The van der Waals surface area contributed by atoms with Gasteiger partial charge >= 0.3 is 0 Å². The zero-order valence-electron chi connectivity index (χ0n) is 16.4. The SMILES string of the molecule is O=C1CCN([C@H]2CCc3ccccc3C2)CCN1Cc1cc2c(cc1Cl)OCO2. The van der Waals surface area contributed by atoms with Crippen LogP contribution in [0.2, 0.25) is 5.02 Å². The van der Waals surface area contributed by atoms with Crippen molar-refractivity contribution in [2.24, 2.45) is 0 Å². The number of rotatable bonds is 3. The summed E-state index contributed by atoms with van der Waals surface area (Å²) in [5.41, 5.74) is 3.85. The van der Waals surface area contributed by atoms with E-state index in [4.69, 9.17) is 21.1 Å². The van der Waals surface area contributed by atoms with Crippen LogP contribution in [0.5, 0.6) is 11.5 Å². The summed E-state index contributed by atoms with van der Waals surface area (Å²) >= 11 is 6.43. The van der Waals surface area contributed by atoms with Gasteiger partial charge in [-0.3, -0.25) is 9.69 Å². The first-order valence-corrected chi connectivity index (χ1v) is 10.7. The molecule has 1 fully saturated rings. The summed E-state index contributed by atoms with van der Waals surface area (Å²) in [6, 6.07) is 13.0. The number of carbonyl (C=O) groups excluding carboxylic acids is 1. The van der Waals surface area contributed by atoms with Gasteiger partial charge in [-0.15, -0.1) is 0 Å². The molecule has 2 aromatic carbocycles. The first-order chi connectivity index (χ1) is 14.2. The van der Waals surface area contributed by atoms with Crippen LogP contribution in [0, 0.1) is 0 Å². The van der Waals surface area contributed by atoms with E-state index in [-0.39, 0.29) is 12.7 Å². The minimum Gasteiger partial charge on any atom is -0.454 e. The summed E-state index contributed by atoms with van der Waals surface area (Å²) < 4.78 is 10.8. The average Bonchev–Trinajstić information content (AvgIpc) is 3.11. The second-order valence-electron chi connectivity index (χ2n) is 8.06. The molecule has 1 saturated heterocycles. The Kier molecular flexibility index (Phi) is 5.10. The predicted octanol–water partition coefficient (Wildman–Crippen LogP) is 3.66. The van der Waals surface area contributed by atoms with Crippen LogP contribution in [0.15, 0.2) is 36.4 Å². The number of ether oxygens (including phenoxy) is 2. The zero-order valence-corrected chi connectivity index (χ0v) is 17.2. The highest BCUT2D eigenvalue weighted by Crippen LogP contribution is 2.37. The molecule has 2 heterocycles. The van der Waals surface area contributed by atoms with Crippen molar-refractivity contribution in [3.63, 3.8) is 0 Å². The van der Waals surface area contributed by atoms with Crippen LogP contribution in [0.3, 0.4) is 0 Å². The fourth-order valence-electron chi connectivity index (χ4n) is 4.69. The number of amides is 1. The molecule has 2 aromatic rings. The van der Waals surface area contributed by atoms with Crippen LogP contribution in [-0.4, -0.2) is 48.2 Å². The molecule has 1 amide bonds. The van der Waals surface area contributed by atoms with Gasteiger partial charge < -0.3 is 14.4 Å². The van der Waals surface area contributed by atoms with Crippen molar-refractivity contribution in [3.05, 3.63) is 58.1 Å². The van der Waals surface area contributed by atoms with Crippen LogP contribution in [0.25, 0.3) is 0 Å². The third-order valence-corrected chi connectivity index (χ3v) is 6.71. The normalized spacial score (nSPS) is 21.8. The molecular formula is C23H25ClN2O3. The van der Waals surface area contributed by atoms with Crippen molar-refractivity contribution in [2.75, 3.05) is 26.4 Å². The Morgan fingerprint density at radius 3 is 2.66 bits per heavy atom. The quantitative estimate of drug-likeness (QED) is 0.771. The average molecular weight is 413 g/mol. The van der Waals surface area contributed by atoms with E-state index in [1.54, 1.807) is 6.07 Å². The van der Waals surface area contributed by atoms with Crippen LogP contribution < -0.4 is 9.47 Å². The Morgan fingerprint density at radius 2 is 1.79 bits per heavy atom. The molecule has 0 saturated carbocycles. The van der Waals surface area contributed by atoms with Gasteiger partial charge in [-0.2, -0.15) is 0 Å². The highest BCUT2D eigenvalue weighted by molar-refractivity contribution is 6.31. The first kappa shape index (κ1) is 18.8. The minimum atomic E-state index is 0.192. The van der Waals surface area contributed by atoms with Crippen LogP contribution in [0.4, 0.5) is 0 Å². The largest absolute Gasteiger partial charge is 0.454 e. The molecule has 1 atom stereocenters. The molecule has 1 aliphatic carbocycles. The van der Waals surface area contributed by atoms with Gasteiger partial charge in [-0.1, -0.05) is 35.9 Å². The first-order valence-electron chi connectivity index (χ1n) is 10.3. The summed E-state index contributed by atoms with van der Waals surface area (Å²) in [7, 11) is 0. The molecule has 3 aliphatic rings. The van der Waals surface area contributed by atoms with Gasteiger partial charge in [0.25, 0.3) is 0 Å². The van der Waals surface area contributed by atoms with E-state index in [0.29, 0.717) is 35.5 Å². The summed E-state index contributed by atoms with van der Waals surface area (Å²) in [6.07, 6.45) is 3.93. The fourth-order valence-corrected chi connectivity index (χ4v) is 4.91. The van der Waals surface area contributed by atoms with Gasteiger partial charge in [0.05, 0.1) is 0 Å². The van der Waals surface area contributed by atoms with E-state index < -0.39 is 0 Å². The van der Waals surface area contributed by atoms with Gasteiger partial charge in [0.15, 0.2) is 11.5 Å². The molecule has 0 radical (unpaired) electrons. The van der Waals surface area contributed by atoms with Crippen molar-refractivity contribution in [3.8, 4) is 11.5 Å². The van der Waals surface area contributed by atoms with E-state index in [9.17, 15) is 4.79 Å². The van der Waals surface area contributed by atoms with Crippen molar-refractivity contribution >= 4 is 17.5 Å². The lowest BCUT2D eigenvalue weighted by molar-refractivity contribution is -0.130. The van der Waals surface area contributed by atoms with Gasteiger partial charge in [-0.25, -0.2) is 0 Å². The summed E-state index contributed by atoms with van der Waals surface area (Å²) in [5.74, 6) is 1.57. The number of hydrogen-bond acceptors (Lipinski definition) is 4. The lowest BCUT2D eigenvalue weighted by Crippen LogP contribution is -2.41. The Bertz CT molecular complexity index is 932. The number of aryl methyl sites for hydroxylation is 1. The number of fused-ring (bicyclic) bond motifs is 2. The maximum absolute atomic E-state index is 12.8. The Morgan fingerprint density at radius 1 is 1.00 bits per heavy atom. The lowest BCUT2D eigenvalue weighted by Gasteiger charge is -2.34. The van der Waals surface area contributed by atoms with Crippen LogP contribution in [-0.2, 0) is 24.2 Å². The maximum Gasteiger partial charge on any atom is 0.231 e. The number of hydrogen-bond donors (Lipinski definition) is 0. The van der Waals surface area contributed by atoms with Crippen molar-refractivity contribution in [1.29, 1.82) is 0 Å². The maximum atomic E-state index is 12.8. The molecule has 0 unspecified atom stereocenters. The predicted molar refractivity (Wildman–Crippen MR) is 111 cm³/mol. The van der Waals surface area contributed by atoms with E-state index >= 15 is 0 Å². The molecule has 6 heteroatoms. The molecular weight excluding hydrogens is 388 g/mol. The minimum absolute atomic E-state index is 0.192. The highest BCUT2D eigenvalue weighted by atomic mass is 35.5. The number of halogens is 1. The molecule has 0 spiro atoms. The third kappa shape index (κ3) is 3.81. The summed E-state index contributed by atoms with van der Waals surface area (Å²) in [5, 5.41) is 0.618. The van der Waals surface area contributed by atoms with E-state index in [1.165, 1.54) is 17.5 Å². The summed E-state index contributed by atoms with van der Waals surface area (Å²) in [6.45, 7) is 3.19. The van der Waals surface area contributed by atoms with E-state index in [2.05, 4.69) is 29.2 Å². The monoisotopic (exact) mass is 412 g/mol. The Hall–Kier alpha value is -2.24. The highest BCUT2D eigenvalue weighted by Gasteiger charge is 2.29. The van der Waals surface area contributed by atoms with E-state index in [1.807, 2.05) is 11.0 Å². The lowest BCUT2D eigenvalue weighted by atomic mass is 9.87. The van der Waals surface area contributed by atoms with Gasteiger partial charge in [0.1, 0.15) is 0 Å².